The number of methoxy groups -OCH3 is 2. The number of rotatable bonds is 11. The summed E-state index contributed by atoms with van der Waals surface area (Å²) in [5, 5.41) is 8.20. The lowest BCUT2D eigenvalue weighted by atomic mass is 9.95. The highest BCUT2D eigenvalue weighted by Gasteiger charge is 2.31. The third-order valence-corrected chi connectivity index (χ3v) is 12.1. The molecule has 0 radical (unpaired) electrons. The monoisotopic (exact) mass is 1200 g/mol. The zero-order valence-corrected chi connectivity index (χ0v) is 47.5. The summed E-state index contributed by atoms with van der Waals surface area (Å²) in [4.78, 5) is 47.4. The maximum atomic E-state index is 16.0. The number of ketones is 1. The maximum absolute atomic E-state index is 16.0. The van der Waals surface area contributed by atoms with Crippen molar-refractivity contribution in [3.63, 3.8) is 0 Å². The van der Waals surface area contributed by atoms with E-state index in [9.17, 15) is 27.6 Å². The number of ether oxygens (including phenoxy) is 6. The minimum Gasteiger partial charge on any atom is -0.443 e. The molecule has 79 heavy (non-hydrogen) atoms. The summed E-state index contributed by atoms with van der Waals surface area (Å²) >= 11 is 1.99. The molecule has 0 aliphatic rings. The number of aryl methyl sites for hydroxylation is 2. The van der Waals surface area contributed by atoms with Crippen molar-refractivity contribution in [3.8, 4) is 46.4 Å². The summed E-state index contributed by atoms with van der Waals surface area (Å²) in [5.41, 5.74) is -1.59. The molecule has 8 aromatic rings. The number of terminal acetylenes is 1. The molecule has 0 amide bonds. The van der Waals surface area contributed by atoms with Gasteiger partial charge in [-0.05, 0) is 119 Å². The van der Waals surface area contributed by atoms with Crippen LogP contribution >= 0.6 is 22.6 Å². The summed E-state index contributed by atoms with van der Waals surface area (Å²) < 4.78 is 95.5. The predicted molar refractivity (Wildman–Crippen MR) is 294 cm³/mol. The minimum atomic E-state index is -1.45. The number of hydrogen-bond donors (Lipinski definition) is 0. The van der Waals surface area contributed by atoms with E-state index in [4.69, 9.17) is 34.8 Å². The summed E-state index contributed by atoms with van der Waals surface area (Å²) in [6.45, 7) is 13.5. The Labute approximate surface area is 467 Å². The van der Waals surface area contributed by atoms with Crippen molar-refractivity contribution < 1.29 is 60.4 Å². The number of nitrogens with zero attached hydrogens (tertiary/aromatic N) is 8. The summed E-state index contributed by atoms with van der Waals surface area (Å²) in [6.07, 6.45) is 15.6. The third-order valence-electron chi connectivity index (χ3n) is 11.3. The molecule has 6 aromatic heterocycles. The van der Waals surface area contributed by atoms with Crippen molar-refractivity contribution in [2.24, 2.45) is 14.1 Å². The van der Waals surface area contributed by atoms with Crippen LogP contribution in [0.15, 0.2) is 98.1 Å². The summed E-state index contributed by atoms with van der Waals surface area (Å²) in [5.74, 6) is 4.81. The van der Waals surface area contributed by atoms with Crippen LogP contribution in [0.2, 0.25) is 0 Å². The molecule has 17 nitrogen and oxygen atoms in total. The van der Waals surface area contributed by atoms with E-state index >= 15 is 4.39 Å². The van der Waals surface area contributed by atoms with E-state index in [1.165, 1.54) is 78.6 Å². The first kappa shape index (κ1) is 60.5. The fraction of sp³-hybridized carbons (Fsp3) is 0.316. The van der Waals surface area contributed by atoms with Crippen molar-refractivity contribution in [2.45, 2.75) is 77.8 Å². The minimum absolute atomic E-state index is 0.0667. The van der Waals surface area contributed by atoms with E-state index in [1.807, 2.05) is 22.6 Å². The first-order valence-corrected chi connectivity index (χ1v) is 25.0. The second-order valence-corrected chi connectivity index (χ2v) is 21.0. The molecular formula is C57H57F4IN8O9. The van der Waals surface area contributed by atoms with Crippen molar-refractivity contribution in [2.75, 3.05) is 27.8 Å². The van der Waals surface area contributed by atoms with Crippen LogP contribution in [-0.2, 0) is 53.7 Å². The van der Waals surface area contributed by atoms with Crippen LogP contribution in [0.25, 0.3) is 44.3 Å². The molecule has 8 rings (SSSR count). The first-order chi connectivity index (χ1) is 37.1. The van der Waals surface area contributed by atoms with Gasteiger partial charge in [-0.1, -0.05) is 36.1 Å². The highest BCUT2D eigenvalue weighted by Crippen LogP contribution is 2.34. The van der Waals surface area contributed by atoms with Crippen LogP contribution in [0.3, 0.4) is 0 Å². The van der Waals surface area contributed by atoms with E-state index < -0.39 is 57.8 Å². The van der Waals surface area contributed by atoms with Gasteiger partial charge in [-0.15, -0.1) is 6.42 Å². The Morgan fingerprint density at radius 2 is 1.08 bits per heavy atom. The van der Waals surface area contributed by atoms with Crippen LogP contribution in [0.4, 0.5) is 27.2 Å². The molecule has 414 valence electrons. The van der Waals surface area contributed by atoms with Crippen LogP contribution in [0.5, 0.6) is 0 Å². The molecule has 0 fully saturated rings. The Balaban J connectivity index is 0.000000217. The smallest absolute Gasteiger partial charge is 0.420 e. The summed E-state index contributed by atoms with van der Waals surface area (Å²) in [6, 6.07) is 11.6. The highest BCUT2D eigenvalue weighted by molar-refractivity contribution is 14.1. The van der Waals surface area contributed by atoms with E-state index in [2.05, 4.69) is 37.9 Å². The van der Waals surface area contributed by atoms with Gasteiger partial charge in [-0.3, -0.25) is 14.2 Å². The molecule has 2 unspecified atom stereocenters. The van der Waals surface area contributed by atoms with Gasteiger partial charge in [0, 0.05) is 91.3 Å². The number of hydrogen-bond acceptors (Lipinski definition) is 13. The number of Topliss-reactive ketones (excluding diaryl/α,β-unsaturated/α-hetero) is 1. The van der Waals surface area contributed by atoms with Gasteiger partial charge in [0.15, 0.2) is 22.5 Å². The van der Waals surface area contributed by atoms with Gasteiger partial charge < -0.3 is 28.4 Å². The zero-order chi connectivity index (χ0) is 58.2. The second-order valence-electron chi connectivity index (χ2n) is 19.8. The fourth-order valence-electron chi connectivity index (χ4n) is 7.43. The van der Waals surface area contributed by atoms with Crippen molar-refractivity contribution in [1.29, 1.82) is 0 Å². The molecular weight excluding hydrogens is 1140 g/mol. The molecule has 22 heteroatoms. The number of halogens is 5. The molecule has 0 N–H and O–H groups in total. The Bertz CT molecular complexity index is 3650. The number of carbonyl (C=O) groups excluding carboxylic acids is 3. The largest absolute Gasteiger partial charge is 0.443 e. The van der Waals surface area contributed by atoms with Gasteiger partial charge in [-0.2, -0.15) is 10.2 Å². The molecule has 2 atom stereocenters. The van der Waals surface area contributed by atoms with E-state index in [1.54, 1.807) is 111 Å². The number of aromatic nitrogens is 8. The van der Waals surface area contributed by atoms with Crippen LogP contribution in [-0.4, -0.2) is 95.6 Å². The Kier molecular flexibility index (Phi) is 19.1. The van der Waals surface area contributed by atoms with Crippen LogP contribution in [0.1, 0.15) is 76.9 Å². The lowest BCUT2D eigenvalue weighted by Gasteiger charge is -2.24. The van der Waals surface area contributed by atoms with Crippen LogP contribution < -0.4 is 0 Å². The normalized spacial score (nSPS) is 12.9. The lowest BCUT2D eigenvalue weighted by molar-refractivity contribution is -0.0992. The Morgan fingerprint density at radius 3 is 1.51 bits per heavy atom. The molecule has 6 heterocycles. The van der Waals surface area contributed by atoms with Gasteiger partial charge in [0.2, 0.25) is 5.78 Å². The van der Waals surface area contributed by atoms with Gasteiger partial charge in [0.1, 0.15) is 48.1 Å². The Morgan fingerprint density at radius 1 is 0.633 bits per heavy atom. The standard InChI is InChI=1S/C29H28F2N4O5.C16H16FIN4O2.C12H13FO2/c1-28(2,3)40-27(37)35-16-22(24-25(31)21(14-32-26(24)35)18-13-33-34(5)15-18)23(36)10-11-29(4,39-17-38-6)19-8-7-9-20(30)12-19;1-16(2,3)24-15(23)22-8-11(18)12-13(17)10(6-19-14(12)22)9-5-20-21(4)7-9;1-4-12(2,15-9-14-3)10-6-5-7-11(13)8-10/h7-9,12-16H,17H2,1-6H3;5-8H,1-4H3;1,5-8H,9H2,2-3H3. The quantitative estimate of drug-likeness (QED) is 0.0299. The Hall–Kier alpha value is -7.74. The number of carbonyl (C=O) groups is 3. The number of fused-ring (bicyclic) bond motifs is 2. The molecule has 0 aliphatic carbocycles. The average molecular weight is 1200 g/mol. The molecule has 0 saturated heterocycles. The van der Waals surface area contributed by atoms with Crippen molar-refractivity contribution >= 4 is 62.6 Å². The van der Waals surface area contributed by atoms with Crippen LogP contribution in [0, 0.1) is 51.0 Å². The van der Waals surface area contributed by atoms with E-state index in [-0.39, 0.29) is 47.2 Å². The first-order valence-electron chi connectivity index (χ1n) is 23.9. The molecule has 0 aliphatic heterocycles. The SMILES string of the molecule is C#CC(C)(OCOC)c1cccc(F)c1.COCOC(C)(C#CC(=O)c1cn(C(=O)OC(C)(C)C)c2ncc(-c3cnn(C)c3)c(F)c12)c1cccc(F)c1.Cn1cc(-c2cnc3c(c(I)cn3C(=O)OC(C)(C)C)c2F)cn1. The van der Waals surface area contributed by atoms with Crippen molar-refractivity contribution in [3.05, 3.63) is 142 Å². The average Bonchev–Trinajstić information content (AvgIpc) is 4.36. The second kappa shape index (κ2) is 24.9. The molecule has 0 saturated carbocycles. The van der Waals surface area contributed by atoms with E-state index in [0.717, 1.165) is 10.8 Å². The fourth-order valence-corrected chi connectivity index (χ4v) is 8.19. The molecule has 0 bridgehead atoms. The number of benzene rings is 2. The van der Waals surface area contributed by atoms with Gasteiger partial charge in [0.25, 0.3) is 0 Å². The van der Waals surface area contributed by atoms with E-state index in [0.29, 0.717) is 36.8 Å². The van der Waals surface area contributed by atoms with Gasteiger partial charge >= 0.3 is 12.2 Å². The predicted octanol–water partition coefficient (Wildman–Crippen LogP) is 11.5. The topological polar surface area (TPSA) is 178 Å². The highest BCUT2D eigenvalue weighted by atomic mass is 127. The van der Waals surface area contributed by atoms with Gasteiger partial charge in [0.05, 0.1) is 28.7 Å². The third kappa shape index (κ3) is 14.7. The molecule has 0 spiro atoms. The molecule has 2 aromatic carbocycles. The lowest BCUT2D eigenvalue weighted by Crippen LogP contribution is -2.27. The maximum Gasteiger partial charge on any atom is 0.420 e. The van der Waals surface area contributed by atoms with Crippen molar-refractivity contribution in [1.82, 2.24) is 38.7 Å². The zero-order valence-electron chi connectivity index (χ0n) is 45.4. The number of pyridine rings is 2. The van der Waals surface area contributed by atoms with Gasteiger partial charge in [-0.25, -0.2) is 46.3 Å². The summed E-state index contributed by atoms with van der Waals surface area (Å²) in [7, 11) is 6.35.